The molecule has 2 heterocycles. The summed E-state index contributed by atoms with van der Waals surface area (Å²) in [6.45, 7) is 0. The topological polar surface area (TPSA) is 38.7 Å². The van der Waals surface area contributed by atoms with Gasteiger partial charge in [0.25, 0.3) is 0 Å². The van der Waals surface area contributed by atoms with E-state index >= 15 is 0 Å². The maximum absolute atomic E-state index is 5.60. The predicted octanol–water partition coefficient (Wildman–Crippen LogP) is -10.9. The van der Waals surface area contributed by atoms with E-state index in [0.29, 0.717) is 17.5 Å². The van der Waals surface area contributed by atoms with Crippen molar-refractivity contribution >= 4 is 215 Å². The average Bonchev–Trinajstić information content (AvgIpc) is 3.65. The van der Waals surface area contributed by atoms with Crippen LogP contribution in [0.2, 0.25) is 0 Å². The third kappa shape index (κ3) is 6.09. The molecule has 0 atom stereocenters. The van der Waals surface area contributed by atoms with Gasteiger partial charge in [0.2, 0.25) is 0 Å². The molecule has 3 nitrogen and oxygen atoms in total. The molecule has 2 aromatic heterocycles. The highest BCUT2D eigenvalue weighted by Crippen LogP contribution is 2.42. The Kier molecular flexibility index (Phi) is 10.1. The quantitative estimate of drug-likeness (QED) is 0.164. The summed E-state index contributed by atoms with van der Waals surface area (Å²) in [7, 11) is 29.8. The zero-order valence-corrected chi connectivity index (χ0v) is 38.1. The molecule has 0 aliphatic rings. The minimum atomic E-state index is 0.669. The molecule has 60 heavy (non-hydrogen) atoms. The summed E-state index contributed by atoms with van der Waals surface area (Å²) in [4.78, 5) is 16.4. The van der Waals surface area contributed by atoms with E-state index in [9.17, 15) is 0 Å². The number of hydrogen-bond donors (Lipinski definition) is 0. The molecule has 0 aliphatic carbocycles. The minimum Gasteiger partial charge on any atom is -0.208 e. The van der Waals surface area contributed by atoms with Gasteiger partial charge in [0.15, 0.2) is 17.5 Å². The number of hydrogen-bond acceptors (Lipinski definition) is 4. The zero-order chi connectivity index (χ0) is 42.5. The largest absolute Gasteiger partial charge is 0.208 e. The van der Waals surface area contributed by atoms with Gasteiger partial charge in [-0.05, 0) is 33.7 Å². The lowest BCUT2D eigenvalue weighted by molar-refractivity contribution is 1.08. The fourth-order valence-electron chi connectivity index (χ4n) is 10.1. The molecule has 9 rings (SSSR count). The summed E-state index contributed by atoms with van der Waals surface area (Å²) < 4.78 is 2.54. The van der Waals surface area contributed by atoms with Crippen LogP contribution in [0.3, 0.4) is 0 Å². The SMILES string of the molecule is Bc1c(B)c(B)c(-c2c(B)c(-c3nc(-c4ccccc4)nc(-c4cccc5ccc6c7ccccc7sc6c45)n3)c(B)c(-c3c(B)c(B)c(B)c(B)c3B)c2B)c(B)c1B. The van der Waals surface area contributed by atoms with Crippen molar-refractivity contribution in [2.45, 2.75) is 0 Å². The van der Waals surface area contributed by atoms with Crippen LogP contribution in [0.25, 0.3) is 87.4 Å². The second-order valence-corrected chi connectivity index (χ2v) is 18.2. The van der Waals surface area contributed by atoms with E-state index in [2.05, 4.69) is 187 Å². The number of thiophene rings is 1. The third-order valence-electron chi connectivity index (χ3n) is 14.3. The van der Waals surface area contributed by atoms with Gasteiger partial charge < -0.3 is 0 Å². The molecule has 0 aliphatic heterocycles. The van der Waals surface area contributed by atoms with Gasteiger partial charge in [-0.1, -0.05) is 117 Å². The van der Waals surface area contributed by atoms with E-state index < -0.39 is 0 Å². The van der Waals surface area contributed by atoms with Gasteiger partial charge >= 0.3 is 0 Å². The van der Waals surface area contributed by atoms with Crippen molar-refractivity contribution < 1.29 is 0 Å². The Balaban J connectivity index is 1.45. The van der Waals surface area contributed by atoms with Crippen LogP contribution >= 0.6 is 11.3 Å². The summed E-state index contributed by atoms with van der Waals surface area (Å²) in [6.07, 6.45) is 0. The Morgan fingerprint density at radius 1 is 0.333 bits per heavy atom. The first-order valence-corrected chi connectivity index (χ1v) is 22.0. The van der Waals surface area contributed by atoms with Crippen LogP contribution in [0.1, 0.15) is 0 Å². The molecule has 17 heteroatoms. The molecule has 0 saturated carbocycles. The molecule has 0 spiro atoms. The molecule has 0 N–H and O–H groups in total. The lowest BCUT2D eigenvalue weighted by Crippen LogP contribution is -2.57. The number of rotatable bonds is 5. The second kappa shape index (κ2) is 15.1. The molecule has 0 amide bonds. The van der Waals surface area contributed by atoms with Crippen molar-refractivity contribution in [1.82, 2.24) is 15.0 Å². The summed E-state index contributed by atoms with van der Waals surface area (Å²) in [5.74, 6) is 2.05. The van der Waals surface area contributed by atoms with Crippen LogP contribution in [-0.2, 0) is 0 Å². The predicted molar refractivity (Wildman–Crippen MR) is 304 cm³/mol. The smallest absolute Gasteiger partial charge is 0.164 e. The van der Waals surface area contributed by atoms with Crippen LogP contribution < -0.4 is 71.0 Å². The number of aromatic nitrogens is 3. The highest BCUT2D eigenvalue weighted by molar-refractivity contribution is 7.26. The van der Waals surface area contributed by atoms with Crippen molar-refractivity contribution in [1.29, 1.82) is 0 Å². The first kappa shape index (κ1) is 40.3. The molecule has 7 aromatic carbocycles. The minimum absolute atomic E-state index is 0.669. The molecule has 0 radical (unpaired) electrons. The highest BCUT2D eigenvalue weighted by Gasteiger charge is 2.27. The molecule has 0 saturated heterocycles. The van der Waals surface area contributed by atoms with Crippen molar-refractivity contribution in [3.05, 3.63) is 84.9 Å². The zero-order valence-electron chi connectivity index (χ0n) is 37.3. The van der Waals surface area contributed by atoms with Crippen molar-refractivity contribution in [2.24, 2.45) is 0 Å². The fraction of sp³-hybridized carbons (Fsp3) is 0. The Morgan fingerprint density at radius 2 is 0.800 bits per heavy atom. The first-order valence-electron chi connectivity index (χ1n) is 21.1. The Hall–Kier alpha value is -5.13. The van der Waals surface area contributed by atoms with Gasteiger partial charge in [-0.15, -0.1) is 44.1 Å². The average molecular weight is 771 g/mol. The standard InChI is InChI=1S/C43H40B13N3S/c44-27-22(24-30(47)34(51)38(55)35(52)31(24)48)28(45)26(29(46)23(27)25-32(49)36(53)39(56)37(54)33(25)50)43-58-41(16-7-2-1-3-8-16)57-42(59-43)19-11-6-9-15-13-14-18-17-10-4-5-12-20(17)60-40(18)21(15)19/h1-14H,44-56H2. The maximum atomic E-state index is 5.60. The van der Waals surface area contributed by atoms with Crippen molar-refractivity contribution in [3.8, 4) is 56.4 Å². The van der Waals surface area contributed by atoms with Crippen LogP contribution in [0.15, 0.2) is 84.9 Å². The Bertz CT molecular complexity index is 3160. The molecular formula is C43H40B13N3S. The summed E-state index contributed by atoms with van der Waals surface area (Å²) in [5.41, 5.74) is 25.4. The molecular weight excluding hydrogens is 731 g/mol. The lowest BCUT2D eigenvalue weighted by atomic mass is 9.55. The normalized spacial score (nSPS) is 11.5. The van der Waals surface area contributed by atoms with Gasteiger partial charge in [0.1, 0.15) is 102 Å². The van der Waals surface area contributed by atoms with E-state index in [0.717, 1.165) is 16.7 Å². The van der Waals surface area contributed by atoms with E-state index in [1.54, 1.807) is 0 Å². The summed E-state index contributed by atoms with van der Waals surface area (Å²) >= 11 is 1.85. The van der Waals surface area contributed by atoms with E-state index in [4.69, 9.17) is 15.0 Å². The van der Waals surface area contributed by atoms with E-state index in [1.807, 2.05) is 11.3 Å². The highest BCUT2D eigenvalue weighted by atomic mass is 32.1. The van der Waals surface area contributed by atoms with Gasteiger partial charge in [-0.3, -0.25) is 0 Å². The van der Waals surface area contributed by atoms with Crippen LogP contribution in [-0.4, -0.2) is 117 Å². The summed E-state index contributed by atoms with van der Waals surface area (Å²) in [6, 6.07) is 30.2. The molecule has 0 unspecified atom stereocenters. The van der Waals surface area contributed by atoms with Crippen LogP contribution in [0, 0.1) is 0 Å². The molecule has 0 bridgehead atoms. The molecule has 9 aromatic rings. The third-order valence-corrected chi connectivity index (χ3v) is 15.5. The van der Waals surface area contributed by atoms with Crippen LogP contribution in [0.4, 0.5) is 0 Å². The van der Waals surface area contributed by atoms with Gasteiger partial charge in [-0.2, -0.15) is 0 Å². The molecule has 0 fully saturated rings. The van der Waals surface area contributed by atoms with Crippen molar-refractivity contribution in [3.63, 3.8) is 0 Å². The summed E-state index contributed by atoms with van der Waals surface area (Å²) in [5, 5.41) is 4.89. The number of fused-ring (bicyclic) bond motifs is 5. The van der Waals surface area contributed by atoms with Gasteiger partial charge in [0, 0.05) is 42.2 Å². The number of benzene rings is 7. The lowest BCUT2D eigenvalue weighted by Gasteiger charge is -2.30. The second-order valence-electron chi connectivity index (χ2n) is 17.1. The maximum Gasteiger partial charge on any atom is 0.164 e. The van der Waals surface area contributed by atoms with Gasteiger partial charge in [0.05, 0.1) is 0 Å². The Labute approximate surface area is 369 Å². The van der Waals surface area contributed by atoms with Crippen molar-refractivity contribution in [2.75, 3.05) is 0 Å². The number of nitrogens with zero attached hydrogens (tertiary/aromatic N) is 3. The van der Waals surface area contributed by atoms with E-state index in [1.165, 1.54) is 124 Å². The first-order chi connectivity index (χ1) is 28.7. The van der Waals surface area contributed by atoms with E-state index in [-0.39, 0.29) is 0 Å². The van der Waals surface area contributed by atoms with Crippen LogP contribution in [0.5, 0.6) is 0 Å². The monoisotopic (exact) mass is 773 g/mol. The molecule has 272 valence electrons. The fourth-order valence-corrected chi connectivity index (χ4v) is 11.4. The Morgan fingerprint density at radius 3 is 1.38 bits per heavy atom. The van der Waals surface area contributed by atoms with Gasteiger partial charge in [-0.25, -0.2) is 15.0 Å².